The summed E-state index contributed by atoms with van der Waals surface area (Å²) in [6.07, 6.45) is 2.53. The predicted octanol–water partition coefficient (Wildman–Crippen LogP) is 1.46. The van der Waals surface area contributed by atoms with Crippen LogP contribution in [-0.2, 0) is 30.0 Å². The maximum Gasteiger partial charge on any atom is 0.240 e. The monoisotopic (exact) mass is 279 g/mol. The minimum Gasteiger partial charge on any atom is -0.271 e. The average molecular weight is 279 g/mol. The zero-order valence-corrected chi connectivity index (χ0v) is 11.8. The summed E-state index contributed by atoms with van der Waals surface area (Å²) in [6, 6.07) is 8.70. The second-order valence-corrected chi connectivity index (χ2v) is 6.04. The molecule has 1 aromatic heterocycles. The maximum absolute atomic E-state index is 12.1. The molecule has 0 aliphatic carbocycles. The lowest BCUT2D eigenvalue weighted by molar-refractivity contribution is 0.577. The van der Waals surface area contributed by atoms with Gasteiger partial charge in [-0.25, -0.2) is 13.1 Å². The lowest BCUT2D eigenvalue weighted by Gasteiger charge is -2.07. The van der Waals surface area contributed by atoms with E-state index >= 15 is 0 Å². The summed E-state index contributed by atoms with van der Waals surface area (Å²) >= 11 is 0. The van der Waals surface area contributed by atoms with E-state index in [0.29, 0.717) is 0 Å². The van der Waals surface area contributed by atoms with Gasteiger partial charge in [-0.1, -0.05) is 19.1 Å². The average Bonchev–Trinajstić information content (AvgIpc) is 2.82. The summed E-state index contributed by atoms with van der Waals surface area (Å²) in [5, 5.41) is 3.99. The molecule has 6 heteroatoms. The third-order valence-corrected chi connectivity index (χ3v) is 4.42. The summed E-state index contributed by atoms with van der Waals surface area (Å²) in [5.41, 5.74) is 1.93. The van der Waals surface area contributed by atoms with Gasteiger partial charge in [0.15, 0.2) is 0 Å². The van der Waals surface area contributed by atoms with Crippen LogP contribution in [0, 0.1) is 0 Å². The smallest absolute Gasteiger partial charge is 0.240 e. The first-order valence-electron chi connectivity index (χ1n) is 6.08. The first kappa shape index (κ1) is 13.8. The van der Waals surface area contributed by atoms with Crippen LogP contribution < -0.4 is 4.72 Å². The van der Waals surface area contributed by atoms with E-state index in [0.717, 1.165) is 17.7 Å². The number of nitrogens with one attached hydrogen (secondary N) is 1. The molecular weight excluding hydrogens is 262 g/mol. The largest absolute Gasteiger partial charge is 0.271 e. The molecule has 0 saturated heterocycles. The second kappa shape index (κ2) is 5.54. The molecule has 0 aliphatic rings. The van der Waals surface area contributed by atoms with Crippen molar-refractivity contribution in [2.75, 3.05) is 0 Å². The van der Waals surface area contributed by atoms with Crippen molar-refractivity contribution in [2.45, 2.75) is 24.8 Å². The van der Waals surface area contributed by atoms with Crippen LogP contribution in [0.1, 0.15) is 18.2 Å². The SMILES string of the molecule is CCc1ccc(S(=O)(=O)NCc2ccnn2C)cc1. The number of rotatable bonds is 5. The molecule has 0 atom stereocenters. The maximum atomic E-state index is 12.1. The van der Waals surface area contributed by atoms with Crippen LogP contribution in [0.2, 0.25) is 0 Å². The third-order valence-electron chi connectivity index (χ3n) is 3.01. The van der Waals surface area contributed by atoms with Crippen molar-refractivity contribution in [3.8, 4) is 0 Å². The Morgan fingerprint density at radius 3 is 2.42 bits per heavy atom. The number of aromatic nitrogens is 2. The lowest BCUT2D eigenvalue weighted by Crippen LogP contribution is -2.24. The van der Waals surface area contributed by atoms with Gasteiger partial charge < -0.3 is 0 Å². The molecule has 102 valence electrons. The molecule has 0 saturated carbocycles. The first-order chi connectivity index (χ1) is 9.03. The van der Waals surface area contributed by atoms with Crippen LogP contribution in [-0.4, -0.2) is 18.2 Å². The van der Waals surface area contributed by atoms with Crippen LogP contribution >= 0.6 is 0 Å². The van der Waals surface area contributed by atoms with E-state index in [9.17, 15) is 8.42 Å². The fourth-order valence-electron chi connectivity index (χ4n) is 1.73. The molecule has 1 aromatic carbocycles. The fraction of sp³-hybridized carbons (Fsp3) is 0.308. The number of benzene rings is 1. The Labute approximate surface area is 113 Å². The molecule has 5 nitrogen and oxygen atoms in total. The van der Waals surface area contributed by atoms with Gasteiger partial charge in [-0.15, -0.1) is 0 Å². The molecule has 0 radical (unpaired) electrons. The fourth-order valence-corrected chi connectivity index (χ4v) is 2.73. The van der Waals surface area contributed by atoms with Gasteiger partial charge in [-0.05, 0) is 30.2 Å². The van der Waals surface area contributed by atoms with Crippen LogP contribution in [0.3, 0.4) is 0 Å². The summed E-state index contributed by atoms with van der Waals surface area (Å²) in [7, 11) is -1.69. The Kier molecular flexibility index (Phi) is 4.01. The van der Waals surface area contributed by atoms with Crippen molar-refractivity contribution in [3.63, 3.8) is 0 Å². The Hall–Kier alpha value is -1.66. The lowest BCUT2D eigenvalue weighted by atomic mass is 10.2. The Morgan fingerprint density at radius 2 is 1.89 bits per heavy atom. The number of nitrogens with zero attached hydrogens (tertiary/aromatic N) is 2. The summed E-state index contributed by atoms with van der Waals surface area (Å²) in [4.78, 5) is 0.284. The van der Waals surface area contributed by atoms with Crippen LogP contribution in [0.5, 0.6) is 0 Å². The van der Waals surface area contributed by atoms with Crippen LogP contribution in [0.25, 0.3) is 0 Å². The van der Waals surface area contributed by atoms with Crippen molar-refractivity contribution >= 4 is 10.0 Å². The molecular formula is C13H17N3O2S. The minimum absolute atomic E-state index is 0.231. The van der Waals surface area contributed by atoms with Gasteiger partial charge in [0.1, 0.15) is 0 Å². The van der Waals surface area contributed by atoms with Gasteiger partial charge in [0.25, 0.3) is 0 Å². The number of sulfonamides is 1. The van der Waals surface area contributed by atoms with Crippen molar-refractivity contribution < 1.29 is 8.42 Å². The molecule has 0 unspecified atom stereocenters. The molecule has 0 amide bonds. The van der Waals surface area contributed by atoms with E-state index in [1.54, 1.807) is 36.1 Å². The first-order valence-corrected chi connectivity index (χ1v) is 7.56. The highest BCUT2D eigenvalue weighted by Crippen LogP contribution is 2.11. The second-order valence-electron chi connectivity index (χ2n) is 4.27. The van der Waals surface area contributed by atoms with Crippen molar-refractivity contribution in [1.82, 2.24) is 14.5 Å². The summed E-state index contributed by atoms with van der Waals surface area (Å²) in [6.45, 7) is 2.26. The molecule has 0 aliphatic heterocycles. The molecule has 2 rings (SSSR count). The molecule has 0 fully saturated rings. The number of aryl methyl sites for hydroxylation is 2. The highest BCUT2D eigenvalue weighted by Gasteiger charge is 2.14. The zero-order valence-electron chi connectivity index (χ0n) is 11.0. The summed E-state index contributed by atoms with van der Waals surface area (Å²) in [5.74, 6) is 0. The predicted molar refractivity (Wildman–Crippen MR) is 73.1 cm³/mol. The molecule has 1 heterocycles. The zero-order chi connectivity index (χ0) is 13.9. The topological polar surface area (TPSA) is 64.0 Å². The van der Waals surface area contributed by atoms with Gasteiger partial charge in [-0.2, -0.15) is 5.10 Å². The van der Waals surface area contributed by atoms with E-state index in [1.165, 1.54) is 0 Å². The van der Waals surface area contributed by atoms with Gasteiger partial charge in [0, 0.05) is 13.2 Å². The Morgan fingerprint density at radius 1 is 1.21 bits per heavy atom. The van der Waals surface area contributed by atoms with Crippen molar-refractivity contribution in [1.29, 1.82) is 0 Å². The van der Waals surface area contributed by atoms with Gasteiger partial charge in [0.05, 0.1) is 17.1 Å². The normalized spacial score (nSPS) is 11.7. The van der Waals surface area contributed by atoms with Crippen LogP contribution in [0.15, 0.2) is 41.4 Å². The standard InChI is InChI=1S/C13H17N3O2S/c1-3-11-4-6-13(7-5-11)19(17,18)15-10-12-8-9-14-16(12)2/h4-9,15H,3,10H2,1-2H3. The van der Waals surface area contributed by atoms with Gasteiger partial charge in [-0.3, -0.25) is 4.68 Å². The van der Waals surface area contributed by atoms with Crippen molar-refractivity contribution in [2.24, 2.45) is 7.05 Å². The molecule has 1 N–H and O–H groups in total. The van der Waals surface area contributed by atoms with Gasteiger partial charge >= 0.3 is 0 Å². The van der Waals surface area contributed by atoms with E-state index in [1.807, 2.05) is 19.1 Å². The minimum atomic E-state index is -3.47. The van der Waals surface area contributed by atoms with E-state index in [4.69, 9.17) is 0 Å². The molecule has 0 spiro atoms. The Balaban J connectivity index is 2.11. The number of hydrogen-bond acceptors (Lipinski definition) is 3. The molecule has 2 aromatic rings. The number of hydrogen-bond donors (Lipinski definition) is 1. The molecule has 19 heavy (non-hydrogen) atoms. The van der Waals surface area contributed by atoms with E-state index in [2.05, 4.69) is 9.82 Å². The highest BCUT2D eigenvalue weighted by atomic mass is 32.2. The van der Waals surface area contributed by atoms with Gasteiger partial charge in [0.2, 0.25) is 10.0 Å². The Bertz CT molecular complexity index is 645. The van der Waals surface area contributed by atoms with Crippen molar-refractivity contribution in [3.05, 3.63) is 47.8 Å². The molecule has 0 bridgehead atoms. The van der Waals surface area contributed by atoms with E-state index in [-0.39, 0.29) is 11.4 Å². The van der Waals surface area contributed by atoms with Crippen LogP contribution in [0.4, 0.5) is 0 Å². The van der Waals surface area contributed by atoms with E-state index < -0.39 is 10.0 Å². The third kappa shape index (κ3) is 3.21. The highest BCUT2D eigenvalue weighted by molar-refractivity contribution is 7.89. The summed E-state index contributed by atoms with van der Waals surface area (Å²) < 4.78 is 28.4. The quantitative estimate of drug-likeness (QED) is 0.901.